The fourth-order valence-electron chi connectivity index (χ4n) is 0.945. The summed E-state index contributed by atoms with van der Waals surface area (Å²) in [5, 5.41) is 0.126. The Morgan fingerprint density at radius 2 is 2.00 bits per heavy atom. The number of aromatic nitrogens is 2. The molecule has 0 radical (unpaired) electrons. The van der Waals surface area contributed by atoms with Gasteiger partial charge < -0.3 is 4.43 Å². The van der Waals surface area contributed by atoms with Gasteiger partial charge >= 0.3 is 0 Å². The molecule has 0 atom stereocenters. The van der Waals surface area contributed by atoms with Gasteiger partial charge in [0.25, 0.3) is 0 Å². The molecule has 0 unspecified atom stereocenters. The number of rotatable bonds is 3. The highest BCUT2D eigenvalue weighted by Crippen LogP contribution is 2.37. The zero-order chi connectivity index (χ0) is 13.3. The Morgan fingerprint density at radius 1 is 1.41 bits per heavy atom. The van der Waals surface area contributed by atoms with Crippen molar-refractivity contribution in [1.82, 2.24) is 9.97 Å². The van der Waals surface area contributed by atoms with Crippen LogP contribution in [0.2, 0.25) is 23.4 Å². The highest BCUT2D eigenvalue weighted by Gasteiger charge is 2.37. The molecule has 1 heterocycles. The molecule has 0 fully saturated rings. The van der Waals surface area contributed by atoms with Crippen molar-refractivity contribution in [3.63, 3.8) is 0 Å². The SMILES string of the molecule is CC(C)(C)[Si](C)(C)OCc1nc(Cl)ncc1F. The number of hydrogen-bond donors (Lipinski definition) is 0. The Kier molecular flexibility index (Phi) is 4.27. The maximum Gasteiger partial charge on any atom is 0.222 e. The van der Waals surface area contributed by atoms with Gasteiger partial charge in [-0.3, -0.25) is 0 Å². The summed E-state index contributed by atoms with van der Waals surface area (Å²) in [6, 6.07) is 0. The van der Waals surface area contributed by atoms with Crippen LogP contribution in [0.3, 0.4) is 0 Å². The molecule has 0 saturated heterocycles. The summed E-state index contributed by atoms with van der Waals surface area (Å²) in [4.78, 5) is 7.40. The predicted molar refractivity (Wildman–Crippen MR) is 69.0 cm³/mol. The van der Waals surface area contributed by atoms with E-state index in [1.54, 1.807) is 0 Å². The molecule has 0 bridgehead atoms. The average molecular weight is 277 g/mol. The molecule has 0 spiro atoms. The van der Waals surface area contributed by atoms with Gasteiger partial charge in [0.2, 0.25) is 5.28 Å². The second-order valence-electron chi connectivity index (χ2n) is 5.48. The van der Waals surface area contributed by atoms with Crippen LogP contribution in [0.1, 0.15) is 26.5 Å². The van der Waals surface area contributed by atoms with Crippen molar-refractivity contribution in [1.29, 1.82) is 0 Å². The number of halogens is 2. The largest absolute Gasteiger partial charge is 0.411 e. The van der Waals surface area contributed by atoms with E-state index in [1.165, 1.54) is 0 Å². The molecule has 0 aliphatic carbocycles. The standard InChI is InChI=1S/C11H18ClFN2OSi/c1-11(2,3)17(4,5)16-7-9-8(13)6-14-10(12)15-9/h6H,7H2,1-5H3. The molecule has 0 amide bonds. The van der Waals surface area contributed by atoms with E-state index in [4.69, 9.17) is 16.0 Å². The fraction of sp³-hybridized carbons (Fsp3) is 0.636. The molecule has 3 nitrogen and oxygen atoms in total. The normalized spacial score (nSPS) is 12.9. The highest BCUT2D eigenvalue weighted by atomic mass is 35.5. The first kappa shape index (κ1) is 14.5. The van der Waals surface area contributed by atoms with Crippen molar-refractivity contribution < 1.29 is 8.82 Å². The van der Waals surface area contributed by atoms with E-state index < -0.39 is 14.1 Å². The fourth-order valence-corrected chi connectivity index (χ4v) is 2.03. The van der Waals surface area contributed by atoms with Crippen molar-refractivity contribution in [2.75, 3.05) is 0 Å². The molecule has 0 aromatic carbocycles. The van der Waals surface area contributed by atoms with Gasteiger partial charge in [-0.1, -0.05) is 20.8 Å². The summed E-state index contributed by atoms with van der Waals surface area (Å²) >= 11 is 5.62. The van der Waals surface area contributed by atoms with Crippen molar-refractivity contribution in [3.8, 4) is 0 Å². The van der Waals surface area contributed by atoms with E-state index in [1.807, 2.05) is 0 Å². The minimum atomic E-state index is -1.90. The first-order valence-electron chi connectivity index (χ1n) is 5.44. The maximum absolute atomic E-state index is 13.4. The average Bonchev–Trinajstić information content (AvgIpc) is 2.18. The van der Waals surface area contributed by atoms with Crippen LogP contribution in [0.4, 0.5) is 4.39 Å². The lowest BCUT2D eigenvalue weighted by Gasteiger charge is -2.36. The molecular weight excluding hydrogens is 259 g/mol. The van der Waals surface area contributed by atoms with Crippen LogP contribution in [-0.4, -0.2) is 18.3 Å². The van der Waals surface area contributed by atoms with Gasteiger partial charge in [-0.15, -0.1) is 0 Å². The van der Waals surface area contributed by atoms with Crippen molar-refractivity contribution in [2.45, 2.75) is 45.5 Å². The lowest BCUT2D eigenvalue weighted by Crippen LogP contribution is -2.40. The lowest BCUT2D eigenvalue weighted by molar-refractivity contribution is 0.266. The smallest absolute Gasteiger partial charge is 0.222 e. The first-order chi connectivity index (χ1) is 7.63. The molecule has 6 heteroatoms. The zero-order valence-corrected chi connectivity index (χ0v) is 12.6. The van der Waals surface area contributed by atoms with Gasteiger partial charge in [-0.05, 0) is 29.7 Å². The Labute approximate surface area is 108 Å². The van der Waals surface area contributed by atoms with E-state index in [2.05, 4.69) is 43.8 Å². The Morgan fingerprint density at radius 3 is 2.53 bits per heavy atom. The molecule has 17 heavy (non-hydrogen) atoms. The molecular formula is C11H18ClFN2OSi. The minimum absolute atomic E-state index is 0.0419. The third kappa shape index (κ3) is 3.72. The van der Waals surface area contributed by atoms with E-state index in [9.17, 15) is 4.39 Å². The van der Waals surface area contributed by atoms with Crippen LogP contribution in [0, 0.1) is 5.82 Å². The van der Waals surface area contributed by atoms with Gasteiger partial charge in [0.15, 0.2) is 14.1 Å². The minimum Gasteiger partial charge on any atom is -0.411 e. The summed E-state index contributed by atoms with van der Waals surface area (Å²) in [6.45, 7) is 10.7. The molecule has 1 rings (SSSR count). The maximum atomic E-state index is 13.4. The van der Waals surface area contributed by atoms with Crippen LogP contribution >= 0.6 is 11.6 Å². The summed E-state index contributed by atoms with van der Waals surface area (Å²) in [7, 11) is -1.90. The highest BCUT2D eigenvalue weighted by molar-refractivity contribution is 6.74. The Balaban J connectivity index is 2.77. The van der Waals surface area contributed by atoms with Crippen LogP contribution in [0.15, 0.2) is 6.20 Å². The van der Waals surface area contributed by atoms with Gasteiger partial charge in [-0.2, -0.15) is 0 Å². The molecule has 96 valence electrons. The number of nitrogens with zero attached hydrogens (tertiary/aromatic N) is 2. The molecule has 0 aliphatic heterocycles. The second-order valence-corrected chi connectivity index (χ2v) is 10.6. The topological polar surface area (TPSA) is 35.0 Å². The van der Waals surface area contributed by atoms with E-state index in [0.717, 1.165) is 6.20 Å². The van der Waals surface area contributed by atoms with Crippen molar-refractivity contribution in [3.05, 3.63) is 23.0 Å². The van der Waals surface area contributed by atoms with Crippen molar-refractivity contribution >= 4 is 19.9 Å². The van der Waals surface area contributed by atoms with E-state index >= 15 is 0 Å². The summed E-state index contributed by atoms with van der Waals surface area (Å²) < 4.78 is 19.3. The zero-order valence-electron chi connectivity index (χ0n) is 10.8. The molecule has 0 saturated carbocycles. The Hall–Kier alpha value is -0.523. The number of hydrogen-bond acceptors (Lipinski definition) is 3. The van der Waals surface area contributed by atoms with E-state index in [-0.39, 0.29) is 22.6 Å². The summed E-state index contributed by atoms with van der Waals surface area (Å²) in [5.41, 5.74) is 0.217. The van der Waals surface area contributed by atoms with Gasteiger partial charge in [0.1, 0.15) is 5.69 Å². The molecule has 1 aromatic rings. The van der Waals surface area contributed by atoms with Gasteiger partial charge in [0.05, 0.1) is 12.8 Å². The lowest BCUT2D eigenvalue weighted by atomic mass is 10.2. The third-order valence-corrected chi connectivity index (χ3v) is 7.82. The van der Waals surface area contributed by atoms with Crippen LogP contribution in [0.5, 0.6) is 0 Å². The van der Waals surface area contributed by atoms with Crippen LogP contribution in [0.25, 0.3) is 0 Å². The Bertz CT molecular complexity index is 407. The molecule has 0 N–H and O–H groups in total. The quantitative estimate of drug-likeness (QED) is 0.622. The molecule has 0 aliphatic rings. The monoisotopic (exact) mass is 276 g/mol. The summed E-state index contributed by atoms with van der Waals surface area (Å²) in [6.07, 6.45) is 1.07. The van der Waals surface area contributed by atoms with E-state index in [0.29, 0.717) is 0 Å². The predicted octanol–water partition coefficient (Wildman–Crippen LogP) is 3.79. The first-order valence-corrected chi connectivity index (χ1v) is 8.73. The second kappa shape index (κ2) is 5.00. The third-order valence-electron chi connectivity index (χ3n) is 3.16. The van der Waals surface area contributed by atoms with Gasteiger partial charge in [-0.25, -0.2) is 14.4 Å². The van der Waals surface area contributed by atoms with Crippen molar-refractivity contribution in [2.24, 2.45) is 0 Å². The summed E-state index contributed by atoms with van der Waals surface area (Å²) in [5.74, 6) is -0.479. The van der Waals surface area contributed by atoms with Crippen LogP contribution in [-0.2, 0) is 11.0 Å². The van der Waals surface area contributed by atoms with Gasteiger partial charge in [0, 0.05) is 0 Å². The van der Waals surface area contributed by atoms with Crippen LogP contribution < -0.4 is 0 Å². The molecule has 1 aromatic heterocycles.